The standard InChI is InChI=1S/C50H57FN9O6P.3H2S/c1-9-67(64,10-2)42-14-12-36(27-40(42)55(7)8)57-19-20-58(49(57)63)45-43-32(6)56(18-15-38(43)53-60(45)37-23-29(3)44(51)30(4)24-37)46(61)41-26-35-25-34(33-16-21-65-22-17-33)11-13-39(35)59(41)50(28-31(50)5)47-52-48(62)66-54-47;;;/h11-14,19-20,23-27,31-33H,9-10,15-18,21-22,28H2,1-8H3,(H,52,54,62);3*1H2/t31-,32-,50-;;;/m0.../s1. The second-order valence-electron chi connectivity index (χ2n) is 18.9. The van der Waals surface area contributed by atoms with Gasteiger partial charge in [-0.15, -0.1) is 0 Å². The third kappa shape index (κ3) is 8.42. The smallest absolute Gasteiger partial charge is 0.381 e. The molecule has 4 aromatic heterocycles. The molecule has 7 aromatic rings. The van der Waals surface area contributed by atoms with Crippen LogP contribution in [0.3, 0.4) is 0 Å². The molecule has 0 unspecified atom stereocenters. The number of ether oxygens (including phenoxy) is 1. The molecule has 1 aliphatic carbocycles. The Balaban J connectivity index is 0.00000241. The number of aromatic nitrogens is 7. The van der Waals surface area contributed by atoms with E-state index in [0.29, 0.717) is 102 Å². The number of carbonyl (C=O) groups excluding carboxylic acids is 1. The first-order valence-corrected chi connectivity index (χ1v) is 25.4. The Morgan fingerprint density at radius 3 is 2.21 bits per heavy atom. The van der Waals surface area contributed by atoms with Gasteiger partial charge in [0.15, 0.2) is 5.82 Å². The summed E-state index contributed by atoms with van der Waals surface area (Å²) in [5, 5.41) is 11.0. The average Bonchev–Trinajstić information content (AvgIpc) is 3.82. The van der Waals surface area contributed by atoms with Crippen LogP contribution in [-0.2, 0) is 21.3 Å². The van der Waals surface area contributed by atoms with Gasteiger partial charge in [0.05, 0.1) is 23.1 Å². The highest BCUT2D eigenvalue weighted by atomic mass is 32.1. The maximum Gasteiger partial charge on any atom is 0.438 e. The number of amides is 1. The zero-order valence-corrected chi connectivity index (χ0v) is 44.7. The first-order chi connectivity index (χ1) is 32.1. The largest absolute Gasteiger partial charge is 0.438 e. The number of hydrogen-bond acceptors (Lipinski definition) is 9. The molecule has 3 atom stereocenters. The zero-order valence-electron chi connectivity index (χ0n) is 40.8. The molecule has 3 aromatic carbocycles. The van der Waals surface area contributed by atoms with Gasteiger partial charge in [0.2, 0.25) is 0 Å². The van der Waals surface area contributed by atoms with E-state index in [1.807, 2.05) is 73.5 Å². The van der Waals surface area contributed by atoms with Crippen LogP contribution < -0.4 is 21.7 Å². The predicted octanol–water partition coefficient (Wildman–Crippen LogP) is 8.07. The molecule has 20 heteroatoms. The van der Waals surface area contributed by atoms with Crippen molar-refractivity contribution in [3.8, 4) is 17.2 Å². The molecule has 2 fully saturated rings. The highest BCUT2D eigenvalue weighted by Crippen LogP contribution is 2.56. The minimum Gasteiger partial charge on any atom is -0.381 e. The third-order valence-electron chi connectivity index (χ3n) is 14.8. The summed E-state index contributed by atoms with van der Waals surface area (Å²) in [5.41, 5.74) is 5.49. The van der Waals surface area contributed by atoms with Gasteiger partial charge in [0, 0.05) is 92.5 Å². The third-order valence-corrected chi connectivity index (χ3v) is 18.1. The van der Waals surface area contributed by atoms with Gasteiger partial charge in [-0.05, 0) is 117 Å². The van der Waals surface area contributed by atoms with Gasteiger partial charge in [0.1, 0.15) is 30.0 Å². The van der Waals surface area contributed by atoms with Crippen LogP contribution in [0.2, 0.25) is 0 Å². The van der Waals surface area contributed by atoms with Crippen LogP contribution in [-0.4, -0.2) is 90.6 Å². The fraction of sp³-hybridized carbons (Fsp3) is 0.420. The lowest BCUT2D eigenvalue weighted by molar-refractivity contribution is 0.0663. The van der Waals surface area contributed by atoms with E-state index in [1.165, 1.54) is 5.56 Å². The molecule has 3 aliphatic rings. The fourth-order valence-corrected chi connectivity index (χ4v) is 13.0. The van der Waals surface area contributed by atoms with Gasteiger partial charge >= 0.3 is 11.4 Å². The van der Waals surface area contributed by atoms with E-state index in [1.54, 1.807) is 52.2 Å². The molecule has 1 N–H and O–H groups in total. The molecule has 70 heavy (non-hydrogen) atoms. The van der Waals surface area contributed by atoms with E-state index < -0.39 is 24.5 Å². The number of imidazole rings is 1. The van der Waals surface area contributed by atoms with Gasteiger partial charge in [-0.3, -0.25) is 23.4 Å². The van der Waals surface area contributed by atoms with Crippen molar-refractivity contribution < 1.29 is 23.0 Å². The summed E-state index contributed by atoms with van der Waals surface area (Å²) in [4.78, 5) is 49.5. The maximum absolute atomic E-state index is 15.6. The summed E-state index contributed by atoms with van der Waals surface area (Å²) in [6.45, 7) is 13.1. The van der Waals surface area contributed by atoms with Crippen LogP contribution in [0.25, 0.3) is 28.1 Å². The predicted molar refractivity (Wildman–Crippen MR) is 288 cm³/mol. The van der Waals surface area contributed by atoms with Crippen molar-refractivity contribution in [3.63, 3.8) is 0 Å². The second kappa shape index (κ2) is 19.8. The van der Waals surface area contributed by atoms with Gasteiger partial charge in [0.25, 0.3) is 5.91 Å². The fourth-order valence-electron chi connectivity index (χ4n) is 10.9. The molecule has 0 bridgehead atoms. The number of carbonyl (C=O) groups is 1. The van der Waals surface area contributed by atoms with Crippen molar-refractivity contribution in [2.75, 3.05) is 51.1 Å². The SMILES string of the molecule is CCP(=O)(CC)c1ccc(-n2ccn(-c3c4c(nn3-c3cc(C)c(F)c(C)c3)CCN(C(=O)c3cc5cc(C6CCOCC6)ccc5n3[C@@]3(c5noc(=O)[nH]5)C[C@@H]3C)[C@H]4C)c2=O)cc1N(C)C.S.S.S. The maximum atomic E-state index is 15.6. The van der Waals surface area contributed by atoms with E-state index in [-0.39, 0.29) is 63.8 Å². The quantitative estimate of drug-likeness (QED) is 0.127. The lowest BCUT2D eigenvalue weighted by Gasteiger charge is -2.34. The highest BCUT2D eigenvalue weighted by Gasteiger charge is 2.59. The number of aryl methyl sites for hydroxylation is 2. The molecule has 2 aliphatic heterocycles. The number of anilines is 1. The van der Waals surface area contributed by atoms with E-state index in [2.05, 4.69) is 35.3 Å². The molecule has 1 saturated carbocycles. The molecular weight excluding hydrogens is 969 g/mol. The second-order valence-corrected chi connectivity index (χ2v) is 22.4. The summed E-state index contributed by atoms with van der Waals surface area (Å²) in [6.07, 6.45) is 7.29. The first-order valence-electron chi connectivity index (χ1n) is 23.3. The topological polar surface area (TPSA) is 158 Å². The zero-order chi connectivity index (χ0) is 47.3. The number of rotatable bonds is 11. The Bertz CT molecular complexity index is 3260. The van der Waals surface area contributed by atoms with E-state index in [9.17, 15) is 14.2 Å². The first kappa shape index (κ1) is 52.6. The number of halogens is 1. The van der Waals surface area contributed by atoms with Crippen molar-refractivity contribution in [2.24, 2.45) is 5.92 Å². The van der Waals surface area contributed by atoms with E-state index in [0.717, 1.165) is 34.7 Å². The van der Waals surface area contributed by atoms with Gasteiger partial charge in [-0.25, -0.2) is 18.7 Å². The van der Waals surface area contributed by atoms with Crippen molar-refractivity contribution in [1.82, 2.24) is 38.5 Å². The summed E-state index contributed by atoms with van der Waals surface area (Å²) in [7, 11) is 1.14. The normalized spacial score (nSPS) is 19.0. The molecule has 1 amide bonds. The molecule has 0 spiro atoms. The van der Waals surface area contributed by atoms with Crippen LogP contribution in [0.15, 0.2) is 81.1 Å². The molecule has 6 heterocycles. The van der Waals surface area contributed by atoms with Gasteiger partial charge in [-0.2, -0.15) is 45.6 Å². The van der Waals surface area contributed by atoms with Crippen molar-refractivity contribution in [1.29, 1.82) is 0 Å². The highest BCUT2D eigenvalue weighted by molar-refractivity contribution is 7.71. The van der Waals surface area contributed by atoms with Crippen molar-refractivity contribution in [3.05, 3.63) is 133 Å². The molecule has 374 valence electrons. The summed E-state index contributed by atoms with van der Waals surface area (Å²) < 4.78 is 46.8. The molecule has 1 saturated heterocycles. The van der Waals surface area contributed by atoms with Crippen molar-refractivity contribution in [2.45, 2.75) is 84.7 Å². The minimum atomic E-state index is -2.67. The Morgan fingerprint density at radius 1 is 0.929 bits per heavy atom. The minimum absolute atomic E-state index is 0. The van der Waals surface area contributed by atoms with Crippen LogP contribution in [0, 0.1) is 25.6 Å². The summed E-state index contributed by atoms with van der Waals surface area (Å²) in [5.74, 6) is -0.0463. The number of hydrogen-bond donors (Lipinski definition) is 1. The number of H-pyrrole nitrogens is 1. The summed E-state index contributed by atoms with van der Waals surface area (Å²) >= 11 is 0. The average molecular weight is 1030 g/mol. The van der Waals surface area contributed by atoms with Crippen LogP contribution >= 0.6 is 47.6 Å². The molecular formula is C50H63FN9O6PS3. The van der Waals surface area contributed by atoms with E-state index in [4.69, 9.17) is 14.4 Å². The number of benzene rings is 3. The van der Waals surface area contributed by atoms with Gasteiger partial charge in [-0.1, -0.05) is 32.0 Å². The van der Waals surface area contributed by atoms with Crippen LogP contribution in [0.4, 0.5) is 10.1 Å². The Morgan fingerprint density at radius 2 is 1.60 bits per heavy atom. The number of nitrogens with one attached hydrogen (secondary N) is 1. The monoisotopic (exact) mass is 1030 g/mol. The Labute approximate surface area is 427 Å². The van der Waals surface area contributed by atoms with Crippen LogP contribution in [0.5, 0.6) is 0 Å². The van der Waals surface area contributed by atoms with Crippen molar-refractivity contribution >= 4 is 75.4 Å². The molecule has 15 nitrogen and oxygen atoms in total. The Hall–Kier alpha value is -5.20. The summed E-state index contributed by atoms with van der Waals surface area (Å²) in [6, 6.07) is 16.8. The molecule has 10 rings (SSSR count). The molecule has 0 radical (unpaired) electrons. The Kier molecular flexibility index (Phi) is 14.9. The van der Waals surface area contributed by atoms with E-state index >= 15 is 9.18 Å². The number of aromatic amines is 1. The van der Waals surface area contributed by atoms with Gasteiger partial charge < -0.3 is 23.7 Å². The van der Waals surface area contributed by atoms with Crippen LogP contribution in [0.1, 0.15) is 103 Å². The number of fused-ring (bicyclic) bond motifs is 2. The lowest BCUT2D eigenvalue weighted by atomic mass is 9.91. The number of nitrogens with zero attached hydrogens (tertiary/aromatic N) is 8. The lowest BCUT2D eigenvalue weighted by Crippen LogP contribution is -2.41.